The van der Waals surface area contributed by atoms with Crippen LogP contribution in [-0.2, 0) is 0 Å². The minimum atomic E-state index is -0.899. The number of benzene rings is 1. The second-order valence-corrected chi connectivity index (χ2v) is 7.16. The number of nitrogens with one attached hydrogen (secondary N) is 1. The molecule has 1 unspecified atom stereocenters. The minimum absolute atomic E-state index is 0.253. The summed E-state index contributed by atoms with van der Waals surface area (Å²) in [5.41, 5.74) is 1.14. The predicted molar refractivity (Wildman–Crippen MR) is 96.5 cm³/mol. The van der Waals surface area contributed by atoms with Crippen LogP contribution in [0.25, 0.3) is 0 Å². The number of nitriles is 1. The molecule has 1 aromatic carbocycles. The van der Waals surface area contributed by atoms with Crippen molar-refractivity contribution in [2.24, 2.45) is 0 Å². The summed E-state index contributed by atoms with van der Waals surface area (Å²) < 4.78 is 0. The average molecular weight is 392 g/mol. The number of rotatable bonds is 2. The lowest BCUT2D eigenvalue weighted by atomic mass is 9.94. The normalized spacial score (nSPS) is 17.3. The molecular formula is C17H11Cl2N3O2S. The van der Waals surface area contributed by atoms with Gasteiger partial charge in [0.15, 0.2) is 0 Å². The van der Waals surface area contributed by atoms with E-state index in [1.54, 1.807) is 42.6 Å². The van der Waals surface area contributed by atoms with Crippen LogP contribution >= 0.6 is 34.5 Å². The Morgan fingerprint density at radius 1 is 1.32 bits per heavy atom. The van der Waals surface area contributed by atoms with Gasteiger partial charge in [-0.05, 0) is 42.1 Å². The van der Waals surface area contributed by atoms with Crippen molar-refractivity contribution >= 4 is 46.5 Å². The molecule has 0 radical (unpaired) electrons. The maximum Gasteiger partial charge on any atom is 0.329 e. The van der Waals surface area contributed by atoms with Crippen LogP contribution in [0.5, 0.6) is 0 Å². The number of allylic oxidation sites excluding steroid dienone is 1. The Hall–Kier alpha value is -2.33. The van der Waals surface area contributed by atoms with Crippen LogP contribution in [0.3, 0.4) is 0 Å². The third kappa shape index (κ3) is 3.27. The SMILES string of the molecule is CC1=C(C#N)C(c2cc(Cl)cc(Cl)c2)N(C(=O)c2cccs2)C(=O)N1. The lowest BCUT2D eigenvalue weighted by Gasteiger charge is -2.34. The number of halogens is 2. The number of urea groups is 1. The van der Waals surface area contributed by atoms with E-state index in [0.717, 1.165) is 4.90 Å². The quantitative estimate of drug-likeness (QED) is 0.801. The Labute approximate surface area is 158 Å². The van der Waals surface area contributed by atoms with E-state index in [-0.39, 0.29) is 5.57 Å². The van der Waals surface area contributed by atoms with Crippen LogP contribution < -0.4 is 5.32 Å². The first kappa shape index (κ1) is 17.5. The van der Waals surface area contributed by atoms with E-state index in [0.29, 0.717) is 26.2 Å². The molecule has 1 aromatic heterocycles. The van der Waals surface area contributed by atoms with Gasteiger partial charge < -0.3 is 5.32 Å². The highest BCUT2D eigenvalue weighted by atomic mass is 35.5. The predicted octanol–water partition coefficient (Wildman–Crippen LogP) is 4.76. The summed E-state index contributed by atoms with van der Waals surface area (Å²) in [7, 11) is 0. The highest BCUT2D eigenvalue weighted by molar-refractivity contribution is 7.12. The lowest BCUT2D eigenvalue weighted by Crippen LogP contribution is -2.49. The van der Waals surface area contributed by atoms with E-state index < -0.39 is 18.0 Å². The third-order valence-electron chi connectivity index (χ3n) is 3.72. The van der Waals surface area contributed by atoms with Gasteiger partial charge in [-0.25, -0.2) is 9.69 Å². The molecule has 0 spiro atoms. The molecule has 1 atom stereocenters. The maximum absolute atomic E-state index is 12.9. The number of hydrogen-bond acceptors (Lipinski definition) is 4. The topological polar surface area (TPSA) is 73.2 Å². The van der Waals surface area contributed by atoms with E-state index >= 15 is 0 Å². The molecule has 25 heavy (non-hydrogen) atoms. The van der Waals surface area contributed by atoms with Gasteiger partial charge in [-0.2, -0.15) is 5.26 Å². The van der Waals surface area contributed by atoms with Gasteiger partial charge in [0.1, 0.15) is 6.04 Å². The van der Waals surface area contributed by atoms with Crippen molar-refractivity contribution in [2.75, 3.05) is 0 Å². The van der Waals surface area contributed by atoms with Gasteiger partial charge >= 0.3 is 6.03 Å². The fourth-order valence-corrected chi connectivity index (χ4v) is 3.86. The van der Waals surface area contributed by atoms with Crippen molar-refractivity contribution in [3.8, 4) is 6.07 Å². The molecule has 1 N–H and O–H groups in total. The van der Waals surface area contributed by atoms with Crippen molar-refractivity contribution in [3.63, 3.8) is 0 Å². The molecule has 8 heteroatoms. The van der Waals surface area contributed by atoms with E-state index in [4.69, 9.17) is 23.2 Å². The Bertz CT molecular complexity index is 912. The minimum Gasteiger partial charge on any atom is -0.310 e. The number of nitrogens with zero attached hydrogens (tertiary/aromatic N) is 2. The zero-order valence-corrected chi connectivity index (χ0v) is 15.2. The summed E-state index contributed by atoms with van der Waals surface area (Å²) in [6.07, 6.45) is 0. The number of carbonyl (C=O) groups excluding carboxylic acids is 2. The number of amides is 3. The number of carbonyl (C=O) groups is 2. The lowest BCUT2D eigenvalue weighted by molar-refractivity contribution is 0.0760. The molecular weight excluding hydrogens is 381 g/mol. The summed E-state index contributed by atoms with van der Waals surface area (Å²) in [5.74, 6) is -0.492. The summed E-state index contributed by atoms with van der Waals surface area (Å²) in [6.45, 7) is 1.61. The van der Waals surface area contributed by atoms with Gasteiger partial charge in [0.2, 0.25) is 0 Å². The molecule has 1 aliphatic heterocycles. The van der Waals surface area contributed by atoms with Gasteiger partial charge in [0, 0.05) is 15.7 Å². The first-order chi connectivity index (χ1) is 11.9. The Morgan fingerprint density at radius 2 is 2.00 bits per heavy atom. The van der Waals surface area contributed by atoms with Gasteiger partial charge in [0.25, 0.3) is 5.91 Å². The van der Waals surface area contributed by atoms with Gasteiger partial charge in [-0.15, -0.1) is 11.3 Å². The number of hydrogen-bond donors (Lipinski definition) is 1. The highest BCUT2D eigenvalue weighted by Gasteiger charge is 2.39. The van der Waals surface area contributed by atoms with Gasteiger partial charge in [0.05, 0.1) is 16.5 Å². The first-order valence-electron chi connectivity index (χ1n) is 7.17. The van der Waals surface area contributed by atoms with E-state index in [1.165, 1.54) is 11.3 Å². The fraction of sp³-hybridized carbons (Fsp3) is 0.118. The van der Waals surface area contributed by atoms with E-state index in [9.17, 15) is 14.9 Å². The summed E-state index contributed by atoms with van der Waals surface area (Å²) >= 11 is 13.4. The molecule has 0 fully saturated rings. The van der Waals surface area contributed by atoms with Crippen molar-refractivity contribution in [1.29, 1.82) is 5.26 Å². The summed E-state index contributed by atoms with van der Waals surface area (Å²) in [5, 5.41) is 14.6. The largest absolute Gasteiger partial charge is 0.329 e. The van der Waals surface area contributed by atoms with E-state index in [1.807, 2.05) is 0 Å². The molecule has 3 amide bonds. The van der Waals surface area contributed by atoms with Crippen molar-refractivity contribution in [3.05, 3.63) is 67.5 Å². The second kappa shape index (κ2) is 6.89. The third-order valence-corrected chi connectivity index (χ3v) is 5.01. The van der Waals surface area contributed by atoms with Crippen molar-refractivity contribution in [2.45, 2.75) is 13.0 Å². The van der Waals surface area contributed by atoms with Gasteiger partial charge in [-0.1, -0.05) is 29.3 Å². The van der Waals surface area contributed by atoms with E-state index in [2.05, 4.69) is 11.4 Å². The smallest absolute Gasteiger partial charge is 0.310 e. The molecule has 5 nitrogen and oxygen atoms in total. The molecule has 0 saturated heterocycles. The van der Waals surface area contributed by atoms with Crippen molar-refractivity contribution in [1.82, 2.24) is 10.2 Å². The summed E-state index contributed by atoms with van der Waals surface area (Å²) in [6, 6.07) is 8.66. The standard InChI is InChI=1S/C17H11Cl2N3O2S/c1-9-13(8-20)15(10-5-11(18)7-12(19)6-10)22(17(24)21-9)16(23)14-3-2-4-25-14/h2-7,15H,1H3,(H,21,24). The second-order valence-electron chi connectivity index (χ2n) is 5.34. The van der Waals surface area contributed by atoms with Crippen LogP contribution in [0.15, 0.2) is 47.0 Å². The van der Waals surface area contributed by atoms with Crippen LogP contribution in [0, 0.1) is 11.3 Å². The van der Waals surface area contributed by atoms with Crippen LogP contribution in [0.1, 0.15) is 28.2 Å². The molecule has 2 heterocycles. The average Bonchev–Trinajstić information content (AvgIpc) is 3.07. The maximum atomic E-state index is 12.9. The zero-order valence-electron chi connectivity index (χ0n) is 12.9. The molecule has 1 aliphatic rings. The van der Waals surface area contributed by atoms with Crippen molar-refractivity contribution < 1.29 is 9.59 Å². The molecule has 0 saturated carbocycles. The molecule has 126 valence electrons. The molecule has 0 aliphatic carbocycles. The molecule has 0 bridgehead atoms. The van der Waals surface area contributed by atoms with Crippen LogP contribution in [0.4, 0.5) is 4.79 Å². The first-order valence-corrected chi connectivity index (χ1v) is 8.81. The van der Waals surface area contributed by atoms with Gasteiger partial charge in [-0.3, -0.25) is 4.79 Å². The Morgan fingerprint density at radius 3 is 2.56 bits per heavy atom. The number of imide groups is 1. The summed E-state index contributed by atoms with van der Waals surface area (Å²) in [4.78, 5) is 26.8. The Kier molecular flexibility index (Phi) is 4.82. The molecule has 3 rings (SSSR count). The monoisotopic (exact) mass is 391 g/mol. The fourth-order valence-electron chi connectivity index (χ4n) is 2.66. The highest BCUT2D eigenvalue weighted by Crippen LogP contribution is 2.37. The Balaban J connectivity index is 2.19. The van der Waals surface area contributed by atoms with Crippen LogP contribution in [0.2, 0.25) is 10.0 Å². The molecule has 2 aromatic rings. The van der Waals surface area contributed by atoms with Crippen LogP contribution in [-0.4, -0.2) is 16.8 Å². The number of thiophene rings is 1. The zero-order chi connectivity index (χ0) is 18.1.